The Morgan fingerprint density at radius 3 is 2.71 bits per heavy atom. The van der Waals surface area contributed by atoms with E-state index < -0.39 is 0 Å². The van der Waals surface area contributed by atoms with Crippen LogP contribution in [0.5, 0.6) is 5.75 Å². The summed E-state index contributed by atoms with van der Waals surface area (Å²) >= 11 is 0. The molecular weight excluding hydrogens is 359 g/mol. The molecule has 0 aliphatic carbocycles. The number of rotatable bonds is 6. The number of nitrogens with one attached hydrogen (secondary N) is 1. The second-order valence-electron chi connectivity index (χ2n) is 6.70. The van der Waals surface area contributed by atoms with E-state index in [2.05, 4.69) is 5.32 Å². The first-order chi connectivity index (χ1) is 13.7. The van der Waals surface area contributed by atoms with E-state index in [1.807, 2.05) is 53.4 Å². The maximum absolute atomic E-state index is 13.8. The predicted molar refractivity (Wildman–Crippen MR) is 103 cm³/mol. The Hall–Kier alpha value is -3.12. The minimum absolute atomic E-state index is 0.0664. The third-order valence-corrected chi connectivity index (χ3v) is 4.67. The molecule has 0 saturated carbocycles. The SMILES string of the molecule is O=C(Cc1ccc(-n2cccc2)cc1)NCCc1cc(F)cc2c1OCOC2. The van der Waals surface area contributed by atoms with Crippen molar-refractivity contribution in [2.75, 3.05) is 13.3 Å². The smallest absolute Gasteiger partial charge is 0.224 e. The van der Waals surface area contributed by atoms with Crippen LogP contribution in [-0.2, 0) is 29.0 Å². The molecule has 0 saturated heterocycles. The van der Waals surface area contributed by atoms with Gasteiger partial charge in [-0.15, -0.1) is 0 Å². The first kappa shape index (κ1) is 18.3. The molecule has 3 aromatic rings. The summed E-state index contributed by atoms with van der Waals surface area (Å²) in [6, 6.07) is 14.7. The number of hydrogen-bond acceptors (Lipinski definition) is 3. The first-order valence-corrected chi connectivity index (χ1v) is 9.20. The van der Waals surface area contributed by atoms with Crippen LogP contribution in [0.3, 0.4) is 0 Å². The summed E-state index contributed by atoms with van der Waals surface area (Å²) in [6.07, 6.45) is 4.75. The number of aromatic nitrogens is 1. The highest BCUT2D eigenvalue weighted by Crippen LogP contribution is 2.29. The molecule has 0 radical (unpaired) electrons. The van der Waals surface area contributed by atoms with Gasteiger partial charge in [-0.05, 0) is 53.9 Å². The molecule has 1 N–H and O–H groups in total. The predicted octanol–water partition coefficient (Wildman–Crippen LogP) is 3.38. The number of carbonyl (C=O) groups is 1. The Kier molecular flexibility index (Phi) is 5.39. The van der Waals surface area contributed by atoms with Gasteiger partial charge in [0.15, 0.2) is 6.79 Å². The van der Waals surface area contributed by atoms with Crippen LogP contribution < -0.4 is 10.1 Å². The number of hydrogen-bond donors (Lipinski definition) is 1. The van der Waals surface area contributed by atoms with Crippen LogP contribution in [-0.4, -0.2) is 23.8 Å². The van der Waals surface area contributed by atoms with E-state index in [4.69, 9.17) is 9.47 Å². The molecule has 1 aromatic heterocycles. The lowest BCUT2D eigenvalue weighted by molar-refractivity contribution is -0.120. The number of nitrogens with zero attached hydrogens (tertiary/aromatic N) is 1. The summed E-state index contributed by atoms with van der Waals surface area (Å²) in [5, 5.41) is 2.89. The largest absolute Gasteiger partial charge is 0.467 e. The third-order valence-electron chi connectivity index (χ3n) is 4.67. The Morgan fingerprint density at radius 2 is 1.93 bits per heavy atom. The highest BCUT2D eigenvalue weighted by atomic mass is 19.1. The second kappa shape index (κ2) is 8.27. The van der Waals surface area contributed by atoms with Crippen LogP contribution in [0, 0.1) is 5.82 Å². The molecule has 0 spiro atoms. The summed E-state index contributed by atoms with van der Waals surface area (Å²) in [5.41, 5.74) is 3.44. The zero-order valence-electron chi connectivity index (χ0n) is 15.4. The molecule has 144 valence electrons. The Morgan fingerprint density at radius 1 is 1.14 bits per heavy atom. The molecule has 0 atom stereocenters. The van der Waals surface area contributed by atoms with Crippen LogP contribution in [0.1, 0.15) is 16.7 Å². The highest BCUT2D eigenvalue weighted by molar-refractivity contribution is 5.78. The third kappa shape index (κ3) is 4.23. The van der Waals surface area contributed by atoms with Crippen molar-refractivity contribution in [3.05, 3.63) is 83.4 Å². The fourth-order valence-corrected chi connectivity index (χ4v) is 3.32. The minimum atomic E-state index is -0.322. The first-order valence-electron chi connectivity index (χ1n) is 9.20. The molecule has 4 rings (SSSR count). The number of amides is 1. The molecule has 2 heterocycles. The van der Waals surface area contributed by atoms with E-state index in [0.29, 0.717) is 37.3 Å². The van der Waals surface area contributed by atoms with Gasteiger partial charge in [0.2, 0.25) is 5.91 Å². The van der Waals surface area contributed by atoms with E-state index in [-0.39, 0.29) is 18.5 Å². The van der Waals surface area contributed by atoms with Gasteiger partial charge in [0.25, 0.3) is 0 Å². The van der Waals surface area contributed by atoms with Crippen molar-refractivity contribution in [3.8, 4) is 11.4 Å². The number of fused-ring (bicyclic) bond motifs is 1. The van der Waals surface area contributed by atoms with Crippen molar-refractivity contribution in [1.82, 2.24) is 9.88 Å². The lowest BCUT2D eigenvalue weighted by Crippen LogP contribution is -2.27. The van der Waals surface area contributed by atoms with Crippen molar-refractivity contribution >= 4 is 5.91 Å². The average Bonchev–Trinajstić information content (AvgIpc) is 3.23. The van der Waals surface area contributed by atoms with Crippen molar-refractivity contribution in [1.29, 1.82) is 0 Å². The van der Waals surface area contributed by atoms with Gasteiger partial charge in [0.05, 0.1) is 13.0 Å². The van der Waals surface area contributed by atoms with Crippen molar-refractivity contribution in [2.45, 2.75) is 19.4 Å². The quantitative estimate of drug-likeness (QED) is 0.713. The zero-order chi connectivity index (χ0) is 19.3. The average molecular weight is 380 g/mol. The summed E-state index contributed by atoms with van der Waals surface area (Å²) in [5.74, 6) is 0.280. The number of benzene rings is 2. The van der Waals surface area contributed by atoms with E-state index in [0.717, 1.165) is 16.8 Å². The van der Waals surface area contributed by atoms with Crippen LogP contribution in [0.25, 0.3) is 5.69 Å². The van der Waals surface area contributed by atoms with Crippen LogP contribution >= 0.6 is 0 Å². The molecule has 1 aliphatic rings. The van der Waals surface area contributed by atoms with E-state index in [9.17, 15) is 9.18 Å². The lowest BCUT2D eigenvalue weighted by atomic mass is 10.1. The minimum Gasteiger partial charge on any atom is -0.467 e. The monoisotopic (exact) mass is 380 g/mol. The zero-order valence-corrected chi connectivity index (χ0v) is 15.4. The van der Waals surface area contributed by atoms with Crippen LogP contribution in [0.4, 0.5) is 4.39 Å². The summed E-state index contributed by atoms with van der Waals surface area (Å²) in [4.78, 5) is 12.2. The molecule has 0 unspecified atom stereocenters. The van der Waals surface area contributed by atoms with E-state index in [1.165, 1.54) is 12.1 Å². The number of halogens is 1. The van der Waals surface area contributed by atoms with Gasteiger partial charge >= 0.3 is 0 Å². The molecule has 6 heteroatoms. The number of ether oxygens (including phenoxy) is 2. The van der Waals surface area contributed by atoms with Gasteiger partial charge in [-0.1, -0.05) is 12.1 Å². The van der Waals surface area contributed by atoms with Gasteiger partial charge in [-0.25, -0.2) is 4.39 Å². The van der Waals surface area contributed by atoms with Gasteiger partial charge in [0.1, 0.15) is 11.6 Å². The number of carbonyl (C=O) groups excluding carboxylic acids is 1. The standard InChI is InChI=1S/C22H21FN2O3/c23-19-12-17(22-18(13-19)14-27-15-28-22)7-8-24-21(26)11-16-3-5-20(6-4-16)25-9-1-2-10-25/h1-6,9-10,12-13H,7-8,11,14-15H2,(H,24,26). The molecular formula is C22H21FN2O3. The molecule has 5 nitrogen and oxygen atoms in total. The molecule has 2 aromatic carbocycles. The van der Waals surface area contributed by atoms with Gasteiger partial charge < -0.3 is 19.4 Å². The van der Waals surface area contributed by atoms with Crippen molar-refractivity contribution in [3.63, 3.8) is 0 Å². The second-order valence-corrected chi connectivity index (χ2v) is 6.70. The summed E-state index contributed by atoms with van der Waals surface area (Å²) in [7, 11) is 0. The van der Waals surface area contributed by atoms with E-state index in [1.54, 1.807) is 0 Å². The Bertz CT molecular complexity index is 953. The normalized spacial score (nSPS) is 12.9. The Balaban J connectivity index is 1.31. The molecule has 1 amide bonds. The van der Waals surface area contributed by atoms with Crippen LogP contribution in [0.15, 0.2) is 60.9 Å². The Labute approximate surface area is 162 Å². The summed E-state index contributed by atoms with van der Waals surface area (Å²) < 4.78 is 26.5. The van der Waals surface area contributed by atoms with Gasteiger partial charge in [0, 0.05) is 30.2 Å². The maximum atomic E-state index is 13.8. The van der Waals surface area contributed by atoms with Crippen LogP contribution in [0.2, 0.25) is 0 Å². The van der Waals surface area contributed by atoms with Gasteiger partial charge in [-0.2, -0.15) is 0 Å². The van der Waals surface area contributed by atoms with Gasteiger partial charge in [-0.3, -0.25) is 4.79 Å². The van der Waals surface area contributed by atoms with Crippen molar-refractivity contribution in [2.24, 2.45) is 0 Å². The topological polar surface area (TPSA) is 52.5 Å². The highest BCUT2D eigenvalue weighted by Gasteiger charge is 2.17. The molecule has 0 fully saturated rings. The van der Waals surface area contributed by atoms with Crippen molar-refractivity contribution < 1.29 is 18.7 Å². The molecule has 1 aliphatic heterocycles. The maximum Gasteiger partial charge on any atom is 0.224 e. The molecule has 28 heavy (non-hydrogen) atoms. The summed E-state index contributed by atoms with van der Waals surface area (Å²) in [6.45, 7) is 0.919. The molecule has 0 bridgehead atoms. The fourth-order valence-electron chi connectivity index (χ4n) is 3.32. The lowest BCUT2D eigenvalue weighted by Gasteiger charge is -2.21. The fraction of sp³-hybridized carbons (Fsp3) is 0.227. The van der Waals surface area contributed by atoms with E-state index >= 15 is 0 Å².